The quantitative estimate of drug-likeness (QED) is 0.207. The highest BCUT2D eigenvalue weighted by atomic mass is 14.4. The molecule has 0 aliphatic heterocycles. The number of rotatable bonds is 5. The first-order chi connectivity index (χ1) is 20.9. The van der Waals surface area contributed by atoms with E-state index in [1.165, 1.54) is 77.9 Å². The van der Waals surface area contributed by atoms with Crippen LogP contribution in [0.15, 0.2) is 169 Å². The molecule has 0 unspecified atom stereocenters. The van der Waals surface area contributed by atoms with Gasteiger partial charge in [-0.1, -0.05) is 152 Å². The highest BCUT2D eigenvalue weighted by molar-refractivity contribution is 6.37. The molecular weight excluding hydrogens is 504 g/mol. The summed E-state index contributed by atoms with van der Waals surface area (Å²) in [6.07, 6.45) is 2.42. The molecular formula is C42H28. The molecule has 2 aliphatic carbocycles. The van der Waals surface area contributed by atoms with Gasteiger partial charge in [0.2, 0.25) is 0 Å². The normalized spacial score (nSPS) is 13.7. The SMILES string of the molecule is C1=C2C(c3ccccc3)=C(c3ccccc3)C(c3ccccc3)=C2c2cc(-c3ccccc3)c(-c3ccccc3)cc21. The van der Waals surface area contributed by atoms with E-state index in [0.29, 0.717) is 0 Å². The van der Waals surface area contributed by atoms with Crippen LogP contribution in [0.4, 0.5) is 0 Å². The number of allylic oxidation sites excluding steroid dienone is 5. The summed E-state index contributed by atoms with van der Waals surface area (Å²) in [7, 11) is 0. The van der Waals surface area contributed by atoms with Crippen molar-refractivity contribution in [1.82, 2.24) is 0 Å². The maximum absolute atomic E-state index is 2.44. The van der Waals surface area contributed by atoms with E-state index >= 15 is 0 Å². The zero-order chi connectivity index (χ0) is 27.9. The van der Waals surface area contributed by atoms with Crippen molar-refractivity contribution in [2.24, 2.45) is 0 Å². The van der Waals surface area contributed by atoms with Gasteiger partial charge in [-0.15, -0.1) is 0 Å². The van der Waals surface area contributed by atoms with E-state index in [1.54, 1.807) is 0 Å². The highest BCUT2D eigenvalue weighted by Gasteiger charge is 2.36. The average Bonchev–Trinajstić information content (AvgIpc) is 3.60. The molecule has 0 amide bonds. The molecule has 0 saturated carbocycles. The third kappa shape index (κ3) is 4.00. The van der Waals surface area contributed by atoms with Gasteiger partial charge < -0.3 is 0 Å². The van der Waals surface area contributed by atoms with Crippen molar-refractivity contribution in [3.8, 4) is 22.3 Å². The largest absolute Gasteiger partial charge is 0.0622 e. The van der Waals surface area contributed by atoms with E-state index in [1.807, 2.05) is 0 Å². The van der Waals surface area contributed by atoms with E-state index < -0.39 is 0 Å². The Morgan fingerprint density at radius 2 is 0.619 bits per heavy atom. The fourth-order valence-corrected chi connectivity index (χ4v) is 6.58. The molecule has 6 aromatic carbocycles. The number of hydrogen-bond donors (Lipinski definition) is 0. The van der Waals surface area contributed by atoms with Crippen molar-refractivity contribution in [3.63, 3.8) is 0 Å². The Bertz CT molecular complexity index is 2010. The predicted molar refractivity (Wildman–Crippen MR) is 178 cm³/mol. The molecule has 196 valence electrons. The highest BCUT2D eigenvalue weighted by Crippen LogP contribution is 2.59. The second-order valence-corrected chi connectivity index (χ2v) is 10.9. The zero-order valence-electron chi connectivity index (χ0n) is 23.2. The molecule has 0 heteroatoms. The van der Waals surface area contributed by atoms with Crippen LogP contribution in [0.5, 0.6) is 0 Å². The van der Waals surface area contributed by atoms with Gasteiger partial charge in [0, 0.05) is 0 Å². The Hall–Kier alpha value is -5.46. The second-order valence-electron chi connectivity index (χ2n) is 10.9. The van der Waals surface area contributed by atoms with Gasteiger partial charge in [-0.3, -0.25) is 0 Å². The summed E-state index contributed by atoms with van der Waals surface area (Å²) in [6.45, 7) is 0. The molecule has 0 nitrogen and oxygen atoms in total. The Morgan fingerprint density at radius 1 is 0.262 bits per heavy atom. The van der Waals surface area contributed by atoms with Crippen LogP contribution in [0.1, 0.15) is 27.8 Å². The van der Waals surface area contributed by atoms with E-state index in [2.05, 4.69) is 170 Å². The van der Waals surface area contributed by atoms with E-state index in [0.717, 1.165) is 0 Å². The van der Waals surface area contributed by atoms with Crippen molar-refractivity contribution in [2.45, 2.75) is 0 Å². The van der Waals surface area contributed by atoms with Crippen molar-refractivity contribution in [2.75, 3.05) is 0 Å². The van der Waals surface area contributed by atoms with Gasteiger partial charge in [-0.2, -0.15) is 0 Å². The predicted octanol–water partition coefficient (Wildman–Crippen LogP) is 11.0. The molecule has 0 N–H and O–H groups in total. The first-order valence-corrected chi connectivity index (χ1v) is 14.5. The fourth-order valence-electron chi connectivity index (χ4n) is 6.58. The average molecular weight is 533 g/mol. The number of benzene rings is 6. The van der Waals surface area contributed by atoms with Crippen LogP contribution < -0.4 is 0 Å². The summed E-state index contributed by atoms with van der Waals surface area (Å²) < 4.78 is 0. The molecule has 42 heavy (non-hydrogen) atoms. The lowest BCUT2D eigenvalue weighted by molar-refractivity contribution is 1.54. The van der Waals surface area contributed by atoms with Gasteiger partial charge in [-0.05, 0) is 96.1 Å². The Kier molecular flexibility index (Phi) is 5.90. The van der Waals surface area contributed by atoms with E-state index in [-0.39, 0.29) is 0 Å². The topological polar surface area (TPSA) is 0 Å². The molecule has 0 fully saturated rings. The molecule has 0 spiro atoms. The molecule has 0 saturated heterocycles. The Labute approximate surface area is 247 Å². The third-order valence-corrected chi connectivity index (χ3v) is 8.40. The molecule has 2 aliphatic rings. The lowest BCUT2D eigenvalue weighted by Gasteiger charge is -2.17. The molecule has 0 atom stereocenters. The Balaban J connectivity index is 1.47. The van der Waals surface area contributed by atoms with Crippen LogP contribution in [0.25, 0.3) is 50.6 Å². The molecule has 0 heterocycles. The monoisotopic (exact) mass is 532 g/mol. The van der Waals surface area contributed by atoms with Gasteiger partial charge in [0.05, 0.1) is 0 Å². The lowest BCUT2D eigenvalue weighted by Crippen LogP contribution is -1.94. The first-order valence-electron chi connectivity index (χ1n) is 14.5. The maximum Gasteiger partial charge on any atom is -0.00134 e. The van der Waals surface area contributed by atoms with E-state index in [4.69, 9.17) is 0 Å². The standard InChI is InChI=1S/C42H28/c1-6-16-29(17-7-1)35-26-34-27-38-39(31-20-10-3-11-21-31)40(32-22-12-4-13-23-32)41(33-24-14-5-15-25-33)42(38)37(34)28-36(35)30-18-8-2-9-19-30/h1-28H. The van der Waals surface area contributed by atoms with Crippen LogP contribution in [-0.2, 0) is 0 Å². The molecule has 6 aromatic rings. The van der Waals surface area contributed by atoms with Crippen molar-refractivity contribution < 1.29 is 0 Å². The lowest BCUT2D eigenvalue weighted by atomic mass is 9.86. The van der Waals surface area contributed by atoms with Crippen LogP contribution in [0.2, 0.25) is 0 Å². The summed E-state index contributed by atoms with van der Waals surface area (Å²) in [4.78, 5) is 0. The number of hydrogen-bond acceptors (Lipinski definition) is 0. The second kappa shape index (κ2) is 10.2. The van der Waals surface area contributed by atoms with Crippen LogP contribution >= 0.6 is 0 Å². The smallest absolute Gasteiger partial charge is 0.00134 e. The molecule has 0 radical (unpaired) electrons. The summed E-state index contributed by atoms with van der Waals surface area (Å²) in [5.74, 6) is 0. The summed E-state index contributed by atoms with van der Waals surface area (Å²) in [5, 5.41) is 0. The van der Waals surface area contributed by atoms with Gasteiger partial charge in [0.1, 0.15) is 0 Å². The molecule has 8 rings (SSSR count). The van der Waals surface area contributed by atoms with Gasteiger partial charge in [0.25, 0.3) is 0 Å². The van der Waals surface area contributed by atoms with Crippen LogP contribution in [0, 0.1) is 0 Å². The van der Waals surface area contributed by atoms with Crippen molar-refractivity contribution in [1.29, 1.82) is 0 Å². The van der Waals surface area contributed by atoms with Crippen molar-refractivity contribution >= 4 is 28.4 Å². The third-order valence-electron chi connectivity index (χ3n) is 8.40. The van der Waals surface area contributed by atoms with Gasteiger partial charge in [0.15, 0.2) is 0 Å². The maximum atomic E-state index is 2.44. The minimum atomic E-state index is 1.23. The molecule has 0 bridgehead atoms. The molecule has 0 aromatic heterocycles. The zero-order valence-corrected chi connectivity index (χ0v) is 23.2. The fraction of sp³-hybridized carbons (Fsp3) is 0. The van der Waals surface area contributed by atoms with Gasteiger partial charge >= 0.3 is 0 Å². The first kappa shape index (κ1) is 24.3. The minimum Gasteiger partial charge on any atom is -0.0622 e. The van der Waals surface area contributed by atoms with Gasteiger partial charge in [-0.25, -0.2) is 0 Å². The Morgan fingerprint density at radius 3 is 1.07 bits per heavy atom. The van der Waals surface area contributed by atoms with Crippen molar-refractivity contribution in [3.05, 3.63) is 197 Å². The van der Waals surface area contributed by atoms with Crippen LogP contribution in [-0.4, -0.2) is 0 Å². The van der Waals surface area contributed by atoms with Crippen LogP contribution in [0.3, 0.4) is 0 Å². The summed E-state index contributed by atoms with van der Waals surface area (Å²) in [5.41, 5.74) is 17.8. The summed E-state index contributed by atoms with van der Waals surface area (Å²) >= 11 is 0. The van der Waals surface area contributed by atoms with E-state index in [9.17, 15) is 0 Å². The summed E-state index contributed by atoms with van der Waals surface area (Å²) in [6, 6.07) is 59.1. The number of fused-ring (bicyclic) bond motifs is 3. The minimum absolute atomic E-state index is 1.23.